The molecule has 2 rings (SSSR count). The van der Waals surface area contributed by atoms with Crippen molar-refractivity contribution in [3.8, 4) is 11.5 Å². The number of ether oxygens (including phenoxy) is 1. The summed E-state index contributed by atoms with van der Waals surface area (Å²) < 4.78 is 21.2. The van der Waals surface area contributed by atoms with Gasteiger partial charge in [0.05, 0.1) is 0 Å². The van der Waals surface area contributed by atoms with Crippen LogP contribution in [0.25, 0.3) is 0 Å². The molecule has 1 atom stereocenters. The monoisotopic (exact) mass is 401 g/mol. The summed E-state index contributed by atoms with van der Waals surface area (Å²) >= 11 is 6.76. The third kappa shape index (κ3) is 3.59. The zero-order chi connectivity index (χ0) is 14.7. The predicted molar refractivity (Wildman–Crippen MR) is 85.8 cm³/mol. The molecular formula is C15H14Br2FNO. The van der Waals surface area contributed by atoms with Crippen LogP contribution in [0.5, 0.6) is 11.5 Å². The van der Waals surface area contributed by atoms with Crippen LogP contribution in [0.15, 0.2) is 45.3 Å². The number of hydrogen-bond acceptors (Lipinski definition) is 2. The zero-order valence-corrected chi connectivity index (χ0v) is 14.3. The molecular weight excluding hydrogens is 389 g/mol. The highest BCUT2D eigenvalue weighted by Gasteiger charge is 2.13. The number of hydrogen-bond donors (Lipinski definition) is 1. The van der Waals surface area contributed by atoms with Crippen LogP contribution in [0, 0.1) is 5.82 Å². The molecule has 0 bridgehead atoms. The fraction of sp³-hybridized carbons (Fsp3) is 0.200. The first kappa shape index (κ1) is 15.5. The molecule has 0 spiro atoms. The summed E-state index contributed by atoms with van der Waals surface area (Å²) in [7, 11) is 1.87. The van der Waals surface area contributed by atoms with Crippen molar-refractivity contribution in [1.82, 2.24) is 5.32 Å². The van der Waals surface area contributed by atoms with Gasteiger partial charge in [0.2, 0.25) is 0 Å². The van der Waals surface area contributed by atoms with Gasteiger partial charge >= 0.3 is 0 Å². The van der Waals surface area contributed by atoms with Gasteiger partial charge in [0, 0.05) is 20.6 Å². The maximum atomic E-state index is 13.8. The van der Waals surface area contributed by atoms with Crippen LogP contribution in [-0.2, 0) is 0 Å². The van der Waals surface area contributed by atoms with Crippen LogP contribution in [0.4, 0.5) is 4.39 Å². The molecule has 2 aromatic carbocycles. The minimum absolute atomic E-state index is 0.0951. The summed E-state index contributed by atoms with van der Waals surface area (Å²) in [6, 6.07) is 10.4. The number of halogens is 3. The van der Waals surface area contributed by atoms with Gasteiger partial charge in [0.1, 0.15) is 5.75 Å². The van der Waals surface area contributed by atoms with Crippen LogP contribution >= 0.6 is 31.9 Å². The largest absolute Gasteiger partial charge is 0.454 e. The third-order valence-corrected chi connectivity index (χ3v) is 3.97. The number of nitrogens with one attached hydrogen (secondary N) is 1. The molecule has 1 N–H and O–H groups in total. The molecule has 0 saturated carbocycles. The van der Waals surface area contributed by atoms with E-state index in [2.05, 4.69) is 37.2 Å². The molecule has 2 aromatic rings. The minimum Gasteiger partial charge on any atom is -0.454 e. The Bertz CT molecular complexity index is 619. The lowest BCUT2D eigenvalue weighted by molar-refractivity contribution is 0.431. The van der Waals surface area contributed by atoms with E-state index in [0.717, 1.165) is 14.5 Å². The molecule has 20 heavy (non-hydrogen) atoms. The summed E-state index contributed by atoms with van der Waals surface area (Å²) in [6.07, 6.45) is 0. The Morgan fingerprint density at radius 1 is 1.05 bits per heavy atom. The van der Waals surface area contributed by atoms with E-state index < -0.39 is 0 Å². The Hall–Kier alpha value is -0.910. The third-order valence-electron chi connectivity index (χ3n) is 2.98. The Balaban J connectivity index is 2.40. The summed E-state index contributed by atoms with van der Waals surface area (Å²) in [5.74, 6) is 0.442. The van der Waals surface area contributed by atoms with E-state index in [1.165, 1.54) is 6.07 Å². The molecule has 1 unspecified atom stereocenters. The van der Waals surface area contributed by atoms with Gasteiger partial charge in [-0.3, -0.25) is 0 Å². The van der Waals surface area contributed by atoms with Gasteiger partial charge in [-0.25, -0.2) is 4.39 Å². The molecule has 0 amide bonds. The average molecular weight is 403 g/mol. The van der Waals surface area contributed by atoms with E-state index in [9.17, 15) is 4.39 Å². The Morgan fingerprint density at radius 3 is 2.40 bits per heavy atom. The smallest absolute Gasteiger partial charge is 0.165 e. The second-order valence-electron chi connectivity index (χ2n) is 4.37. The molecule has 0 radical (unpaired) electrons. The maximum absolute atomic E-state index is 13.8. The van der Waals surface area contributed by atoms with E-state index in [-0.39, 0.29) is 17.6 Å². The first-order valence-corrected chi connectivity index (χ1v) is 7.69. The van der Waals surface area contributed by atoms with Gasteiger partial charge in [-0.15, -0.1) is 0 Å². The van der Waals surface area contributed by atoms with Gasteiger partial charge < -0.3 is 10.1 Å². The van der Waals surface area contributed by atoms with Gasteiger partial charge in [-0.1, -0.05) is 31.9 Å². The summed E-state index contributed by atoms with van der Waals surface area (Å²) in [6.45, 7) is 2.02. The summed E-state index contributed by atoms with van der Waals surface area (Å²) in [5, 5.41) is 3.16. The van der Waals surface area contributed by atoms with Crippen molar-refractivity contribution >= 4 is 31.9 Å². The van der Waals surface area contributed by atoms with Crippen molar-refractivity contribution in [2.24, 2.45) is 0 Å². The normalized spacial score (nSPS) is 12.2. The lowest BCUT2D eigenvalue weighted by atomic mass is 10.1. The van der Waals surface area contributed by atoms with Crippen LogP contribution < -0.4 is 10.1 Å². The fourth-order valence-corrected chi connectivity index (χ4v) is 2.50. The van der Waals surface area contributed by atoms with Crippen molar-refractivity contribution in [3.63, 3.8) is 0 Å². The van der Waals surface area contributed by atoms with Crippen molar-refractivity contribution in [3.05, 3.63) is 56.7 Å². The van der Waals surface area contributed by atoms with Crippen LogP contribution in [0.1, 0.15) is 18.5 Å². The molecule has 2 nitrogen and oxygen atoms in total. The second-order valence-corrected chi connectivity index (χ2v) is 6.20. The molecule has 0 aromatic heterocycles. The standard InChI is InChI=1S/C15H14Br2FNO/c1-9(19-2)12-7-10(16)4-6-14(12)20-15-8-11(17)3-5-13(15)18/h3-9,19H,1-2H3. The highest BCUT2D eigenvalue weighted by molar-refractivity contribution is 9.10. The highest BCUT2D eigenvalue weighted by Crippen LogP contribution is 2.34. The molecule has 0 fully saturated rings. The van der Waals surface area contributed by atoms with Gasteiger partial charge in [-0.05, 0) is 50.4 Å². The first-order chi connectivity index (χ1) is 9.51. The maximum Gasteiger partial charge on any atom is 0.165 e. The summed E-state index contributed by atoms with van der Waals surface area (Å²) in [4.78, 5) is 0. The molecule has 0 saturated heterocycles. The molecule has 0 aliphatic rings. The van der Waals surface area contributed by atoms with Crippen molar-refractivity contribution < 1.29 is 9.13 Å². The Labute approximate surface area is 134 Å². The van der Waals surface area contributed by atoms with Crippen molar-refractivity contribution in [1.29, 1.82) is 0 Å². The van der Waals surface area contributed by atoms with Crippen molar-refractivity contribution in [2.75, 3.05) is 7.05 Å². The van der Waals surface area contributed by atoms with Gasteiger partial charge in [0.25, 0.3) is 0 Å². The molecule has 0 heterocycles. The Kier molecular flexibility index (Phi) is 5.18. The lowest BCUT2D eigenvalue weighted by Crippen LogP contribution is -2.13. The molecule has 5 heteroatoms. The number of benzene rings is 2. The van der Waals surface area contributed by atoms with E-state index >= 15 is 0 Å². The quantitative estimate of drug-likeness (QED) is 0.736. The predicted octanol–water partition coefficient (Wildman–Crippen LogP) is 5.42. The van der Waals surface area contributed by atoms with Crippen LogP contribution in [0.2, 0.25) is 0 Å². The van der Waals surface area contributed by atoms with Crippen molar-refractivity contribution in [2.45, 2.75) is 13.0 Å². The topological polar surface area (TPSA) is 21.3 Å². The van der Waals surface area contributed by atoms with Crippen LogP contribution in [0.3, 0.4) is 0 Å². The zero-order valence-electron chi connectivity index (χ0n) is 11.1. The average Bonchev–Trinajstić information content (AvgIpc) is 2.43. The summed E-state index contributed by atoms with van der Waals surface area (Å²) in [5.41, 5.74) is 0.959. The number of rotatable bonds is 4. The van der Waals surface area contributed by atoms with E-state index in [1.54, 1.807) is 12.1 Å². The SMILES string of the molecule is CNC(C)c1cc(Br)ccc1Oc1cc(Br)ccc1F. The second kappa shape index (κ2) is 6.70. The molecule has 0 aliphatic carbocycles. The molecule has 0 aliphatic heterocycles. The van der Waals surface area contributed by atoms with Crippen LogP contribution in [-0.4, -0.2) is 7.05 Å². The minimum atomic E-state index is -0.390. The highest BCUT2D eigenvalue weighted by atomic mass is 79.9. The first-order valence-electron chi connectivity index (χ1n) is 6.11. The Morgan fingerprint density at radius 2 is 1.70 bits per heavy atom. The molecule has 106 valence electrons. The fourth-order valence-electron chi connectivity index (χ4n) is 1.78. The van der Waals surface area contributed by atoms with Gasteiger partial charge in [-0.2, -0.15) is 0 Å². The van der Waals surface area contributed by atoms with E-state index in [4.69, 9.17) is 4.74 Å². The van der Waals surface area contributed by atoms with E-state index in [0.29, 0.717) is 5.75 Å². The lowest BCUT2D eigenvalue weighted by Gasteiger charge is -2.17. The van der Waals surface area contributed by atoms with E-state index in [1.807, 2.05) is 32.2 Å². The van der Waals surface area contributed by atoms with Gasteiger partial charge in [0.15, 0.2) is 11.6 Å².